The number of ether oxygens (including phenoxy) is 1. The second kappa shape index (κ2) is 6.67. The Morgan fingerprint density at radius 3 is 2.41 bits per heavy atom. The molecule has 2 saturated carbocycles. The van der Waals surface area contributed by atoms with E-state index in [1.54, 1.807) is 0 Å². The van der Waals surface area contributed by atoms with Crippen molar-refractivity contribution in [1.82, 2.24) is 10.6 Å². The van der Waals surface area contributed by atoms with Crippen molar-refractivity contribution in [2.75, 3.05) is 6.61 Å². The number of amides is 3. The average Bonchev–Trinajstić information content (AvgIpc) is 2.96. The maximum absolute atomic E-state index is 11.8. The van der Waals surface area contributed by atoms with Crippen LogP contribution in [-0.4, -0.2) is 30.1 Å². The van der Waals surface area contributed by atoms with Crippen molar-refractivity contribution in [3.8, 4) is 0 Å². The van der Waals surface area contributed by atoms with Gasteiger partial charge < -0.3 is 10.1 Å². The van der Waals surface area contributed by atoms with E-state index in [4.69, 9.17) is 4.74 Å². The van der Waals surface area contributed by atoms with Gasteiger partial charge in [-0.05, 0) is 57.8 Å². The molecule has 0 aromatic carbocycles. The van der Waals surface area contributed by atoms with Gasteiger partial charge in [0.1, 0.15) is 0 Å². The molecule has 0 aliphatic heterocycles. The van der Waals surface area contributed by atoms with Gasteiger partial charge in [-0.3, -0.25) is 14.9 Å². The van der Waals surface area contributed by atoms with Crippen molar-refractivity contribution in [3.05, 3.63) is 0 Å². The van der Waals surface area contributed by atoms with Crippen LogP contribution >= 0.6 is 0 Å². The molecule has 0 unspecified atom stereocenters. The van der Waals surface area contributed by atoms with Crippen LogP contribution in [0, 0.1) is 17.8 Å². The maximum Gasteiger partial charge on any atom is 0.321 e. The summed E-state index contributed by atoms with van der Waals surface area (Å²) < 4.78 is 4.97. The van der Waals surface area contributed by atoms with Crippen molar-refractivity contribution in [1.29, 1.82) is 0 Å². The quantitative estimate of drug-likeness (QED) is 0.778. The molecule has 2 fully saturated rings. The highest BCUT2D eigenvalue weighted by atomic mass is 16.5. The Morgan fingerprint density at radius 2 is 1.86 bits per heavy atom. The fourth-order valence-electron chi connectivity index (χ4n) is 3.58. The van der Waals surface area contributed by atoms with Gasteiger partial charge in [0.05, 0.1) is 0 Å². The molecule has 22 heavy (non-hydrogen) atoms. The molecule has 2 aliphatic carbocycles. The van der Waals surface area contributed by atoms with E-state index in [-0.39, 0.29) is 5.97 Å². The molecule has 0 spiro atoms. The van der Waals surface area contributed by atoms with E-state index >= 15 is 0 Å². The lowest BCUT2D eigenvalue weighted by atomic mass is 9.86. The SMILES string of the molecule is CC(C)(C)NC(=O)NC(=O)COC(=O)C[C@@H]1C[C@H]2CC[C@H]1C2. The van der Waals surface area contributed by atoms with Gasteiger partial charge in [-0.25, -0.2) is 4.79 Å². The third-order valence-electron chi connectivity index (χ3n) is 4.42. The van der Waals surface area contributed by atoms with E-state index in [0.717, 1.165) is 12.3 Å². The Balaban J connectivity index is 1.63. The molecule has 0 heterocycles. The van der Waals surface area contributed by atoms with Gasteiger partial charge in [0.15, 0.2) is 6.61 Å². The molecule has 6 nitrogen and oxygen atoms in total. The number of rotatable bonds is 4. The molecule has 3 atom stereocenters. The molecule has 2 bridgehead atoms. The first kappa shape index (κ1) is 16.8. The molecular weight excluding hydrogens is 284 g/mol. The molecular formula is C16H26N2O4. The highest BCUT2D eigenvalue weighted by Crippen LogP contribution is 2.49. The minimum absolute atomic E-state index is 0.344. The van der Waals surface area contributed by atoms with E-state index in [1.807, 2.05) is 20.8 Å². The summed E-state index contributed by atoms with van der Waals surface area (Å²) in [4.78, 5) is 34.8. The van der Waals surface area contributed by atoms with Crippen LogP contribution in [0.5, 0.6) is 0 Å². The predicted molar refractivity (Wildman–Crippen MR) is 80.9 cm³/mol. The van der Waals surface area contributed by atoms with E-state index in [0.29, 0.717) is 18.3 Å². The largest absolute Gasteiger partial charge is 0.456 e. The van der Waals surface area contributed by atoms with E-state index in [9.17, 15) is 14.4 Å². The number of hydrogen-bond acceptors (Lipinski definition) is 4. The van der Waals surface area contributed by atoms with Gasteiger partial charge in [-0.2, -0.15) is 0 Å². The van der Waals surface area contributed by atoms with Gasteiger partial charge in [-0.1, -0.05) is 6.42 Å². The summed E-state index contributed by atoms with van der Waals surface area (Å²) >= 11 is 0. The van der Waals surface area contributed by atoms with Crippen molar-refractivity contribution in [2.45, 2.75) is 58.4 Å². The summed E-state index contributed by atoms with van der Waals surface area (Å²) in [5.41, 5.74) is -0.428. The number of carbonyl (C=O) groups excluding carboxylic acids is 3. The Kier molecular flexibility index (Phi) is 5.08. The summed E-state index contributed by atoms with van der Waals surface area (Å²) in [5, 5.41) is 4.75. The summed E-state index contributed by atoms with van der Waals surface area (Å²) in [6, 6.07) is -0.582. The number of esters is 1. The van der Waals surface area contributed by atoms with Gasteiger partial charge in [0, 0.05) is 12.0 Å². The van der Waals surface area contributed by atoms with Crippen molar-refractivity contribution in [3.63, 3.8) is 0 Å². The van der Waals surface area contributed by atoms with Crippen LogP contribution in [-0.2, 0) is 14.3 Å². The second-order valence-electron chi connectivity index (χ2n) is 7.55. The fraction of sp³-hybridized carbons (Fsp3) is 0.812. The normalized spacial score (nSPS) is 26.6. The standard InChI is InChI=1S/C16H26N2O4/c1-16(2,3)18-15(21)17-13(19)9-22-14(20)8-12-7-10-4-5-11(12)6-10/h10-12H,4-9H2,1-3H3,(H2,17,18,19,21)/t10-,11-,12-/m0/s1. The van der Waals surface area contributed by atoms with Gasteiger partial charge >= 0.3 is 12.0 Å². The van der Waals surface area contributed by atoms with Crippen LogP contribution in [0.25, 0.3) is 0 Å². The molecule has 0 radical (unpaired) electrons. The first-order chi connectivity index (χ1) is 10.2. The summed E-state index contributed by atoms with van der Waals surface area (Å²) in [6.07, 6.45) is 5.26. The Labute approximate surface area is 131 Å². The van der Waals surface area contributed by atoms with Crippen molar-refractivity contribution >= 4 is 17.9 Å². The summed E-state index contributed by atoms with van der Waals surface area (Å²) in [7, 11) is 0. The molecule has 0 saturated heterocycles. The van der Waals surface area contributed by atoms with E-state index in [1.165, 1.54) is 19.3 Å². The third kappa shape index (κ3) is 5.00. The number of carbonyl (C=O) groups is 3. The number of fused-ring (bicyclic) bond motifs is 2. The summed E-state index contributed by atoms with van der Waals surface area (Å²) in [6.45, 7) is 5.03. The Morgan fingerprint density at radius 1 is 1.14 bits per heavy atom. The third-order valence-corrected chi connectivity index (χ3v) is 4.42. The lowest BCUT2D eigenvalue weighted by Crippen LogP contribution is -2.49. The van der Waals surface area contributed by atoms with Crippen LogP contribution in [0.1, 0.15) is 52.9 Å². The van der Waals surface area contributed by atoms with Crippen LogP contribution in [0.2, 0.25) is 0 Å². The molecule has 0 aromatic rings. The average molecular weight is 310 g/mol. The zero-order chi connectivity index (χ0) is 16.3. The van der Waals surface area contributed by atoms with Crippen LogP contribution in [0.4, 0.5) is 4.79 Å². The fourth-order valence-corrected chi connectivity index (χ4v) is 3.58. The van der Waals surface area contributed by atoms with Crippen LogP contribution in [0.15, 0.2) is 0 Å². The number of urea groups is 1. The van der Waals surface area contributed by atoms with E-state index < -0.39 is 24.1 Å². The highest BCUT2D eigenvalue weighted by Gasteiger charge is 2.40. The smallest absolute Gasteiger partial charge is 0.321 e. The number of hydrogen-bond donors (Lipinski definition) is 2. The molecule has 6 heteroatoms. The molecule has 2 N–H and O–H groups in total. The van der Waals surface area contributed by atoms with E-state index in [2.05, 4.69) is 10.6 Å². The molecule has 3 amide bonds. The second-order valence-corrected chi connectivity index (χ2v) is 7.55. The van der Waals surface area contributed by atoms with Gasteiger partial charge in [-0.15, -0.1) is 0 Å². The first-order valence-corrected chi connectivity index (χ1v) is 8.00. The van der Waals surface area contributed by atoms with Crippen molar-refractivity contribution < 1.29 is 19.1 Å². The molecule has 2 aliphatic rings. The molecule has 124 valence electrons. The van der Waals surface area contributed by atoms with Gasteiger partial charge in [0.2, 0.25) is 0 Å². The number of imide groups is 1. The Hall–Kier alpha value is -1.59. The molecule has 0 aromatic heterocycles. The van der Waals surface area contributed by atoms with Crippen LogP contribution < -0.4 is 10.6 Å². The van der Waals surface area contributed by atoms with Gasteiger partial charge in [0.25, 0.3) is 5.91 Å². The summed E-state index contributed by atoms with van der Waals surface area (Å²) in [5.74, 6) is 0.904. The monoisotopic (exact) mass is 310 g/mol. The lowest BCUT2D eigenvalue weighted by Gasteiger charge is -2.21. The number of nitrogens with one attached hydrogen (secondary N) is 2. The molecule has 2 rings (SSSR count). The predicted octanol–water partition coefficient (Wildman–Crippen LogP) is 1.98. The minimum Gasteiger partial charge on any atom is -0.456 e. The zero-order valence-electron chi connectivity index (χ0n) is 13.6. The minimum atomic E-state index is -0.608. The highest BCUT2D eigenvalue weighted by molar-refractivity contribution is 5.95. The maximum atomic E-state index is 11.8. The first-order valence-electron chi connectivity index (χ1n) is 8.00. The lowest BCUT2D eigenvalue weighted by molar-refractivity contribution is -0.149. The zero-order valence-corrected chi connectivity index (χ0v) is 13.6. The topological polar surface area (TPSA) is 84.5 Å². The van der Waals surface area contributed by atoms with Crippen LogP contribution in [0.3, 0.4) is 0 Å². The van der Waals surface area contributed by atoms with Crippen molar-refractivity contribution in [2.24, 2.45) is 17.8 Å². The Bertz CT molecular complexity index is 456.